The van der Waals surface area contributed by atoms with Gasteiger partial charge in [0.05, 0.1) is 6.20 Å². The zero-order chi connectivity index (χ0) is 20.3. The van der Waals surface area contributed by atoms with Crippen LogP contribution in [0.25, 0.3) is 0 Å². The molecule has 1 aromatic rings. The van der Waals surface area contributed by atoms with E-state index in [9.17, 15) is 29.1 Å². The summed E-state index contributed by atoms with van der Waals surface area (Å²) in [5.74, 6) is -2.91. The lowest BCUT2D eigenvalue weighted by Gasteiger charge is -2.23. The Morgan fingerprint density at radius 3 is 2.26 bits per heavy atom. The van der Waals surface area contributed by atoms with Crippen molar-refractivity contribution >= 4 is 17.9 Å². The number of esters is 3. The van der Waals surface area contributed by atoms with Gasteiger partial charge in [-0.1, -0.05) is 0 Å². The van der Waals surface area contributed by atoms with Crippen molar-refractivity contribution in [1.82, 2.24) is 9.55 Å². The van der Waals surface area contributed by atoms with E-state index >= 15 is 0 Å². The number of aromatic nitrogens is 2. The van der Waals surface area contributed by atoms with E-state index in [1.807, 2.05) is 4.98 Å². The minimum atomic E-state index is -1.37. The Morgan fingerprint density at radius 2 is 1.70 bits per heavy atom. The summed E-state index contributed by atoms with van der Waals surface area (Å²) < 4.78 is 21.5. The highest BCUT2D eigenvalue weighted by Crippen LogP contribution is 2.33. The van der Waals surface area contributed by atoms with Gasteiger partial charge in [-0.2, -0.15) is 0 Å². The first-order valence-electron chi connectivity index (χ1n) is 7.78. The van der Waals surface area contributed by atoms with E-state index in [4.69, 9.17) is 18.9 Å². The maximum atomic E-state index is 12.1. The molecule has 1 aliphatic heterocycles. The van der Waals surface area contributed by atoms with Crippen LogP contribution in [0.4, 0.5) is 0 Å². The van der Waals surface area contributed by atoms with Gasteiger partial charge in [0.2, 0.25) is 0 Å². The SMILES string of the molecule is CC(=O)OC[C@H]1O[C@@H](n2cc(O)c(=O)[nH]c2=O)[C@H](OC(C)=O)[C@@H]1OC(C)=O. The van der Waals surface area contributed by atoms with Gasteiger partial charge >= 0.3 is 23.6 Å². The van der Waals surface area contributed by atoms with Gasteiger partial charge in [-0.3, -0.25) is 28.7 Å². The van der Waals surface area contributed by atoms with Crippen molar-refractivity contribution in [2.45, 2.75) is 45.3 Å². The summed E-state index contributed by atoms with van der Waals surface area (Å²) in [5, 5.41) is 9.58. The average molecular weight is 386 g/mol. The van der Waals surface area contributed by atoms with E-state index in [0.717, 1.165) is 31.5 Å². The molecule has 148 valence electrons. The first-order chi connectivity index (χ1) is 12.6. The molecule has 0 spiro atoms. The zero-order valence-electron chi connectivity index (χ0n) is 14.7. The van der Waals surface area contributed by atoms with Crippen molar-refractivity contribution in [2.75, 3.05) is 6.61 Å². The first-order valence-corrected chi connectivity index (χ1v) is 7.78. The van der Waals surface area contributed by atoms with Crippen LogP contribution >= 0.6 is 0 Å². The van der Waals surface area contributed by atoms with E-state index < -0.39 is 59.4 Å². The van der Waals surface area contributed by atoms with E-state index in [1.165, 1.54) is 0 Å². The van der Waals surface area contributed by atoms with Gasteiger partial charge in [-0.05, 0) is 0 Å². The molecule has 0 amide bonds. The Hall–Kier alpha value is -3.15. The lowest BCUT2D eigenvalue weighted by atomic mass is 10.1. The Kier molecular flexibility index (Phi) is 6.00. The Balaban J connectivity index is 2.47. The molecule has 0 aromatic carbocycles. The molecule has 0 unspecified atom stereocenters. The molecule has 2 N–H and O–H groups in total. The third-order valence-corrected chi connectivity index (χ3v) is 3.56. The molecule has 0 radical (unpaired) electrons. The molecular weight excluding hydrogens is 368 g/mol. The predicted octanol–water partition coefficient (Wildman–Crippen LogP) is -1.43. The van der Waals surface area contributed by atoms with Gasteiger partial charge in [0.15, 0.2) is 24.2 Å². The molecule has 2 heterocycles. The number of rotatable bonds is 5. The van der Waals surface area contributed by atoms with Crippen LogP contribution in [0.5, 0.6) is 5.75 Å². The summed E-state index contributed by atoms with van der Waals surface area (Å²) in [6.07, 6.45) is -4.17. The molecular formula is C15H18N2O10. The number of nitrogens with one attached hydrogen (secondary N) is 1. The molecule has 1 aliphatic rings. The third-order valence-electron chi connectivity index (χ3n) is 3.56. The molecule has 27 heavy (non-hydrogen) atoms. The minimum Gasteiger partial charge on any atom is -0.502 e. The highest BCUT2D eigenvalue weighted by molar-refractivity contribution is 5.68. The average Bonchev–Trinajstić information content (AvgIpc) is 2.85. The molecule has 1 aromatic heterocycles. The summed E-state index contributed by atoms with van der Waals surface area (Å²) in [6.45, 7) is 3.00. The number of ether oxygens (including phenoxy) is 4. The third kappa shape index (κ3) is 4.73. The fourth-order valence-corrected chi connectivity index (χ4v) is 2.58. The summed E-state index contributed by atoms with van der Waals surface area (Å²) >= 11 is 0. The van der Waals surface area contributed by atoms with E-state index in [0.29, 0.717) is 0 Å². The number of hydrogen-bond donors (Lipinski definition) is 2. The largest absolute Gasteiger partial charge is 0.502 e. The normalized spacial score (nSPS) is 24.3. The molecule has 4 atom stereocenters. The highest BCUT2D eigenvalue weighted by Gasteiger charge is 2.51. The van der Waals surface area contributed by atoms with Crippen molar-refractivity contribution in [3.63, 3.8) is 0 Å². The van der Waals surface area contributed by atoms with E-state index in [1.54, 1.807) is 0 Å². The fourth-order valence-electron chi connectivity index (χ4n) is 2.58. The quantitative estimate of drug-likeness (QED) is 0.453. The van der Waals surface area contributed by atoms with Crippen LogP contribution < -0.4 is 11.2 Å². The molecule has 12 heteroatoms. The lowest BCUT2D eigenvalue weighted by molar-refractivity contribution is -0.166. The number of H-pyrrole nitrogens is 1. The topological polar surface area (TPSA) is 163 Å². The van der Waals surface area contributed by atoms with Crippen molar-refractivity contribution in [3.05, 3.63) is 27.0 Å². The molecule has 0 bridgehead atoms. The van der Waals surface area contributed by atoms with Gasteiger partial charge < -0.3 is 24.1 Å². The Morgan fingerprint density at radius 1 is 1.11 bits per heavy atom. The van der Waals surface area contributed by atoms with Gasteiger partial charge in [0, 0.05) is 20.8 Å². The number of nitrogens with zero attached hydrogens (tertiary/aromatic N) is 1. The second-order valence-corrected chi connectivity index (χ2v) is 5.70. The molecule has 1 saturated heterocycles. The first kappa shape index (κ1) is 20.2. The van der Waals surface area contributed by atoms with Gasteiger partial charge in [-0.25, -0.2) is 4.79 Å². The molecule has 0 aliphatic carbocycles. The van der Waals surface area contributed by atoms with Crippen molar-refractivity contribution in [1.29, 1.82) is 0 Å². The second kappa shape index (κ2) is 8.03. The number of carbonyl (C=O) groups is 3. The molecule has 0 saturated carbocycles. The van der Waals surface area contributed by atoms with Crippen LogP contribution in [0.3, 0.4) is 0 Å². The van der Waals surface area contributed by atoms with Gasteiger partial charge in [-0.15, -0.1) is 0 Å². The molecule has 1 fully saturated rings. The predicted molar refractivity (Wildman–Crippen MR) is 84.6 cm³/mol. The Labute approximate surface area is 151 Å². The number of aromatic hydroxyl groups is 1. The van der Waals surface area contributed by atoms with Crippen LogP contribution in [0.2, 0.25) is 0 Å². The van der Waals surface area contributed by atoms with E-state index in [2.05, 4.69) is 0 Å². The van der Waals surface area contributed by atoms with Crippen LogP contribution in [-0.2, 0) is 33.3 Å². The summed E-state index contributed by atoms with van der Waals surface area (Å²) in [7, 11) is 0. The lowest BCUT2D eigenvalue weighted by Crippen LogP contribution is -2.42. The summed E-state index contributed by atoms with van der Waals surface area (Å²) in [4.78, 5) is 59.3. The van der Waals surface area contributed by atoms with Gasteiger partial charge in [0.1, 0.15) is 12.7 Å². The monoisotopic (exact) mass is 386 g/mol. The Bertz CT molecular complexity index is 857. The highest BCUT2D eigenvalue weighted by atomic mass is 16.7. The van der Waals surface area contributed by atoms with Crippen LogP contribution in [0.15, 0.2) is 15.8 Å². The maximum absolute atomic E-state index is 12.1. The number of hydrogen-bond acceptors (Lipinski definition) is 10. The summed E-state index contributed by atoms with van der Waals surface area (Å²) in [6, 6.07) is 0. The molecule has 2 rings (SSSR count). The standard InChI is InChI=1S/C15H18N2O10/c1-6(18)24-5-10-11(25-7(2)19)12(26-8(3)20)14(27-10)17-4-9(21)13(22)16-15(17)23/h4,10-12,14,21H,5H2,1-3H3,(H,16,22,23)/t10-,11-,12-,14-/m1/s1. The van der Waals surface area contributed by atoms with Crippen LogP contribution in [-0.4, -0.2) is 57.5 Å². The smallest absolute Gasteiger partial charge is 0.330 e. The van der Waals surface area contributed by atoms with Crippen molar-refractivity contribution in [3.8, 4) is 5.75 Å². The second-order valence-electron chi connectivity index (χ2n) is 5.70. The maximum Gasteiger partial charge on any atom is 0.330 e. The fraction of sp³-hybridized carbons (Fsp3) is 0.533. The minimum absolute atomic E-state index is 0.356. The van der Waals surface area contributed by atoms with Gasteiger partial charge in [0.25, 0.3) is 5.56 Å². The van der Waals surface area contributed by atoms with E-state index in [-0.39, 0.29) is 6.61 Å². The molecule has 12 nitrogen and oxygen atoms in total. The number of aromatic amines is 1. The van der Waals surface area contributed by atoms with Crippen molar-refractivity contribution in [2.24, 2.45) is 0 Å². The zero-order valence-corrected chi connectivity index (χ0v) is 14.7. The van der Waals surface area contributed by atoms with Crippen molar-refractivity contribution < 1.29 is 38.4 Å². The van der Waals surface area contributed by atoms with Crippen LogP contribution in [0, 0.1) is 0 Å². The summed E-state index contributed by atoms with van der Waals surface area (Å²) in [5.41, 5.74) is -1.99. The van der Waals surface area contributed by atoms with Crippen LogP contribution in [0.1, 0.15) is 27.0 Å². The number of carbonyl (C=O) groups excluding carboxylic acids is 3.